The summed E-state index contributed by atoms with van der Waals surface area (Å²) in [5.74, 6) is -2.06. The van der Waals surface area contributed by atoms with Gasteiger partial charge >= 0.3 is 0 Å². The highest BCUT2D eigenvalue weighted by atomic mass is 35.5. The number of rotatable bonds is 3. The van der Waals surface area contributed by atoms with Gasteiger partial charge in [0.1, 0.15) is 13.2 Å². The molecule has 2 aliphatic heterocycles. The van der Waals surface area contributed by atoms with E-state index in [9.17, 15) is 22.0 Å². The predicted octanol–water partition coefficient (Wildman–Crippen LogP) is 2.54. The van der Waals surface area contributed by atoms with Crippen molar-refractivity contribution in [3.05, 3.63) is 52.6 Å². The maximum atomic E-state index is 13.5. The Morgan fingerprint density at radius 1 is 0.933 bits per heavy atom. The summed E-state index contributed by atoms with van der Waals surface area (Å²) >= 11 is 5.87. The van der Waals surface area contributed by atoms with Crippen LogP contribution in [0.15, 0.2) is 35.2 Å². The summed E-state index contributed by atoms with van der Waals surface area (Å²) in [5.41, 5.74) is -0.168. The lowest BCUT2D eigenvalue weighted by Crippen LogP contribution is -2.50. The van der Waals surface area contributed by atoms with Crippen LogP contribution >= 0.6 is 11.6 Å². The molecule has 11 heteroatoms. The highest BCUT2D eigenvalue weighted by Gasteiger charge is 2.32. The lowest BCUT2D eigenvalue weighted by atomic mass is 10.1. The van der Waals surface area contributed by atoms with Crippen molar-refractivity contribution in [1.82, 2.24) is 9.21 Å². The molecule has 2 aromatic carbocycles. The molecule has 0 atom stereocenters. The number of ether oxygens (including phenoxy) is 2. The van der Waals surface area contributed by atoms with E-state index in [2.05, 4.69) is 0 Å². The van der Waals surface area contributed by atoms with Crippen LogP contribution in [0, 0.1) is 11.6 Å². The largest absolute Gasteiger partial charge is 0.486 e. The maximum Gasteiger partial charge on any atom is 0.255 e. The van der Waals surface area contributed by atoms with Crippen LogP contribution in [0.2, 0.25) is 5.02 Å². The predicted molar refractivity (Wildman–Crippen MR) is 103 cm³/mol. The van der Waals surface area contributed by atoms with Gasteiger partial charge in [-0.2, -0.15) is 4.31 Å². The Bertz CT molecular complexity index is 1100. The fraction of sp³-hybridized carbons (Fsp3) is 0.316. The summed E-state index contributed by atoms with van der Waals surface area (Å²) in [6.07, 6.45) is 0. The molecule has 0 saturated carbocycles. The molecule has 1 amide bonds. The molecule has 1 fully saturated rings. The Hall–Kier alpha value is -2.43. The second-order valence-electron chi connectivity index (χ2n) is 6.75. The maximum absolute atomic E-state index is 13.5. The smallest absolute Gasteiger partial charge is 0.255 e. The fourth-order valence-electron chi connectivity index (χ4n) is 3.32. The third-order valence-corrected chi connectivity index (χ3v) is 7.12. The molecule has 160 valence electrons. The minimum atomic E-state index is -3.81. The van der Waals surface area contributed by atoms with E-state index >= 15 is 0 Å². The average Bonchev–Trinajstić information content (AvgIpc) is 2.75. The molecule has 0 aliphatic carbocycles. The number of hydrogen-bond donors (Lipinski definition) is 0. The van der Waals surface area contributed by atoms with E-state index in [1.54, 1.807) is 6.07 Å². The van der Waals surface area contributed by atoms with Gasteiger partial charge in [0, 0.05) is 32.2 Å². The fourth-order valence-corrected chi connectivity index (χ4v) is 4.99. The monoisotopic (exact) mass is 458 g/mol. The Balaban J connectivity index is 1.48. The Labute approximate surface area is 176 Å². The van der Waals surface area contributed by atoms with Crippen molar-refractivity contribution in [2.24, 2.45) is 0 Å². The molecule has 0 aromatic heterocycles. The number of sulfonamides is 1. The van der Waals surface area contributed by atoms with Crippen molar-refractivity contribution in [3.63, 3.8) is 0 Å². The number of piperazine rings is 1. The van der Waals surface area contributed by atoms with Crippen LogP contribution in [0.5, 0.6) is 11.5 Å². The zero-order valence-corrected chi connectivity index (χ0v) is 17.2. The van der Waals surface area contributed by atoms with Crippen molar-refractivity contribution in [2.45, 2.75) is 4.90 Å². The van der Waals surface area contributed by atoms with Gasteiger partial charge in [-0.1, -0.05) is 11.6 Å². The molecule has 2 heterocycles. The van der Waals surface area contributed by atoms with Gasteiger partial charge in [0.2, 0.25) is 10.0 Å². The average molecular weight is 459 g/mol. The normalized spacial score (nSPS) is 17.1. The summed E-state index contributed by atoms with van der Waals surface area (Å²) in [6, 6.07) is 5.90. The Morgan fingerprint density at radius 2 is 1.57 bits per heavy atom. The first-order chi connectivity index (χ1) is 14.3. The van der Waals surface area contributed by atoms with Crippen LogP contribution < -0.4 is 9.47 Å². The van der Waals surface area contributed by atoms with Crippen LogP contribution in [-0.4, -0.2) is 62.9 Å². The van der Waals surface area contributed by atoms with Gasteiger partial charge in [0.15, 0.2) is 23.1 Å². The summed E-state index contributed by atoms with van der Waals surface area (Å²) in [7, 11) is -3.81. The number of carbonyl (C=O) groups is 1. The zero-order valence-electron chi connectivity index (χ0n) is 15.6. The van der Waals surface area contributed by atoms with Crippen molar-refractivity contribution < 1.29 is 31.5 Å². The molecule has 0 radical (unpaired) electrons. The van der Waals surface area contributed by atoms with Crippen molar-refractivity contribution in [3.8, 4) is 11.5 Å². The first kappa shape index (κ1) is 20.8. The number of amides is 1. The van der Waals surface area contributed by atoms with Gasteiger partial charge < -0.3 is 14.4 Å². The molecule has 0 spiro atoms. The minimum absolute atomic E-state index is 0.0454. The molecule has 7 nitrogen and oxygen atoms in total. The standard InChI is InChI=1S/C19H17ClF2N2O5S/c20-14-11-16(22)15(21)10-13(14)19(25)23-3-5-24(6-4-23)30(26,27)12-1-2-17-18(9-12)29-8-7-28-17/h1-2,9-11H,3-8H2. The number of benzene rings is 2. The topological polar surface area (TPSA) is 76.2 Å². The van der Waals surface area contributed by atoms with Gasteiger partial charge in [-0.05, 0) is 24.3 Å². The quantitative estimate of drug-likeness (QED) is 0.661. The summed E-state index contributed by atoms with van der Waals surface area (Å²) in [5, 5.41) is -0.203. The number of nitrogens with zero attached hydrogens (tertiary/aromatic N) is 2. The number of fused-ring (bicyclic) bond motifs is 1. The Kier molecular flexibility index (Phi) is 5.56. The van der Waals surface area contributed by atoms with Crippen LogP contribution in [0.25, 0.3) is 0 Å². The SMILES string of the molecule is O=C(c1cc(F)c(F)cc1Cl)N1CCN(S(=O)(=O)c2ccc3c(c2)OCCO3)CC1. The van der Waals surface area contributed by atoms with Gasteiger partial charge in [-0.3, -0.25) is 4.79 Å². The van der Waals surface area contributed by atoms with Crippen LogP contribution in [0.1, 0.15) is 10.4 Å². The van der Waals surface area contributed by atoms with E-state index in [-0.39, 0.29) is 41.7 Å². The molecule has 0 bridgehead atoms. The summed E-state index contributed by atoms with van der Waals surface area (Å²) < 4.78 is 64.8. The van der Waals surface area contributed by atoms with Gasteiger partial charge in [-0.15, -0.1) is 0 Å². The Morgan fingerprint density at radius 3 is 2.27 bits per heavy atom. The van der Waals surface area contributed by atoms with E-state index in [0.717, 1.165) is 12.1 Å². The number of hydrogen-bond acceptors (Lipinski definition) is 5. The first-order valence-corrected chi connectivity index (χ1v) is 10.9. The molecule has 4 rings (SSSR count). The second-order valence-corrected chi connectivity index (χ2v) is 9.09. The van der Waals surface area contributed by atoms with E-state index in [1.165, 1.54) is 21.3 Å². The molecule has 2 aromatic rings. The second kappa shape index (κ2) is 8.01. The molecule has 0 N–H and O–H groups in total. The lowest BCUT2D eigenvalue weighted by molar-refractivity contribution is 0.0697. The third-order valence-electron chi connectivity index (χ3n) is 4.92. The summed E-state index contributed by atoms with van der Waals surface area (Å²) in [4.78, 5) is 14.0. The lowest BCUT2D eigenvalue weighted by Gasteiger charge is -2.34. The van der Waals surface area contributed by atoms with E-state index in [1.807, 2.05) is 0 Å². The molecular weight excluding hydrogens is 442 g/mol. The van der Waals surface area contributed by atoms with Gasteiger partial charge in [0.05, 0.1) is 15.5 Å². The highest BCUT2D eigenvalue weighted by molar-refractivity contribution is 7.89. The van der Waals surface area contributed by atoms with Crippen molar-refractivity contribution in [1.29, 1.82) is 0 Å². The minimum Gasteiger partial charge on any atom is -0.486 e. The van der Waals surface area contributed by atoms with E-state index in [0.29, 0.717) is 24.7 Å². The van der Waals surface area contributed by atoms with E-state index < -0.39 is 27.6 Å². The van der Waals surface area contributed by atoms with E-state index in [4.69, 9.17) is 21.1 Å². The van der Waals surface area contributed by atoms with Crippen molar-refractivity contribution >= 4 is 27.5 Å². The van der Waals surface area contributed by atoms with Gasteiger partial charge in [0.25, 0.3) is 5.91 Å². The molecule has 1 saturated heterocycles. The van der Waals surface area contributed by atoms with Crippen LogP contribution in [0.4, 0.5) is 8.78 Å². The van der Waals surface area contributed by atoms with Gasteiger partial charge in [-0.25, -0.2) is 17.2 Å². The molecule has 0 unspecified atom stereocenters. The molecule has 30 heavy (non-hydrogen) atoms. The highest BCUT2D eigenvalue weighted by Crippen LogP contribution is 2.33. The first-order valence-electron chi connectivity index (χ1n) is 9.11. The van der Waals surface area contributed by atoms with Crippen molar-refractivity contribution in [2.75, 3.05) is 39.4 Å². The molecular formula is C19H17ClF2N2O5S. The zero-order chi connectivity index (χ0) is 21.5. The number of halogens is 3. The summed E-state index contributed by atoms with van der Waals surface area (Å²) in [6.45, 7) is 0.990. The van der Waals surface area contributed by atoms with Crippen LogP contribution in [0.3, 0.4) is 0 Å². The molecule has 2 aliphatic rings. The third kappa shape index (κ3) is 3.82. The van der Waals surface area contributed by atoms with Crippen LogP contribution in [-0.2, 0) is 10.0 Å². The number of carbonyl (C=O) groups excluding carboxylic acids is 1.